The quantitative estimate of drug-likeness (QED) is 0.546. The highest BCUT2D eigenvalue weighted by Crippen LogP contribution is 2.40. The molecule has 0 spiro atoms. The highest BCUT2D eigenvalue weighted by Gasteiger charge is 2.42. The van der Waals surface area contributed by atoms with Gasteiger partial charge in [0.25, 0.3) is 0 Å². The van der Waals surface area contributed by atoms with Crippen molar-refractivity contribution in [3.8, 4) is 12.3 Å². The van der Waals surface area contributed by atoms with Gasteiger partial charge in [-0.15, -0.1) is 12.3 Å². The first-order valence-electron chi connectivity index (χ1n) is 8.21. The third-order valence-corrected chi connectivity index (χ3v) is 9.75. The van der Waals surface area contributed by atoms with Crippen LogP contribution >= 0.6 is 0 Å². The molecule has 0 rings (SSSR count). The van der Waals surface area contributed by atoms with Crippen molar-refractivity contribution in [3.05, 3.63) is 0 Å². The molecule has 3 heteroatoms. The van der Waals surface area contributed by atoms with Gasteiger partial charge >= 0.3 is 0 Å². The summed E-state index contributed by atoms with van der Waals surface area (Å²) in [6.07, 6.45) is 6.06. The maximum atomic E-state index is 10.5. The molecule has 0 aliphatic rings. The van der Waals surface area contributed by atoms with Gasteiger partial charge in [0, 0.05) is 11.8 Å². The fourth-order valence-corrected chi connectivity index (χ4v) is 3.72. The molecule has 1 N–H and O–H groups in total. The predicted octanol–water partition coefficient (Wildman–Crippen LogP) is 4.69. The maximum Gasteiger partial charge on any atom is 0.192 e. The smallest absolute Gasteiger partial charge is 0.192 e. The molecule has 0 saturated carbocycles. The van der Waals surface area contributed by atoms with Crippen molar-refractivity contribution in [2.45, 2.75) is 85.2 Å². The van der Waals surface area contributed by atoms with Crippen molar-refractivity contribution < 1.29 is 9.53 Å². The lowest BCUT2D eigenvalue weighted by molar-refractivity contribution is -0.0125. The van der Waals surface area contributed by atoms with Gasteiger partial charge in [-0.1, -0.05) is 48.0 Å². The van der Waals surface area contributed by atoms with Crippen LogP contribution in [0.25, 0.3) is 0 Å². The largest absolute Gasteiger partial charge is 0.413 e. The van der Waals surface area contributed by atoms with E-state index < -0.39 is 14.4 Å². The molecule has 0 saturated heterocycles. The van der Waals surface area contributed by atoms with E-state index in [1.165, 1.54) is 0 Å². The second-order valence-corrected chi connectivity index (χ2v) is 12.8. The van der Waals surface area contributed by atoms with Gasteiger partial charge in [0.15, 0.2) is 8.32 Å². The summed E-state index contributed by atoms with van der Waals surface area (Å²) in [6.45, 7) is 19.6. The molecule has 0 aliphatic carbocycles. The molecule has 5 atom stereocenters. The van der Waals surface area contributed by atoms with Gasteiger partial charge in [-0.3, -0.25) is 0 Å². The standard InChI is InChI=1S/C18H36O2Si/c1-11-13(3)16(19)15(5)17(14(4)12-2)20-21(9,10)18(6,7)8/h1,13-17,19H,12H2,2-10H3/t13-,14+,15+,16-,17+/m0/s1. The molecule has 124 valence electrons. The Bertz CT molecular complexity index is 351. The van der Waals surface area contributed by atoms with Gasteiger partial charge in [-0.2, -0.15) is 0 Å². The van der Waals surface area contributed by atoms with Crippen molar-refractivity contribution in [2.24, 2.45) is 17.8 Å². The van der Waals surface area contributed by atoms with Gasteiger partial charge in [0.1, 0.15) is 0 Å². The molecule has 2 nitrogen and oxygen atoms in total. The fourth-order valence-electron chi connectivity index (χ4n) is 2.24. The first-order valence-corrected chi connectivity index (χ1v) is 11.1. The Hall–Kier alpha value is -0.303. The first kappa shape index (κ1) is 20.7. The minimum atomic E-state index is -1.86. The molecule has 0 aliphatic heterocycles. The van der Waals surface area contributed by atoms with Crippen molar-refractivity contribution in [2.75, 3.05) is 0 Å². The normalized spacial score (nSPS) is 20.2. The van der Waals surface area contributed by atoms with E-state index in [0.29, 0.717) is 5.92 Å². The molecule has 0 amide bonds. The molecule has 0 aromatic rings. The van der Waals surface area contributed by atoms with Gasteiger partial charge in [0.2, 0.25) is 0 Å². The van der Waals surface area contributed by atoms with E-state index in [1.807, 2.05) is 6.92 Å². The summed E-state index contributed by atoms with van der Waals surface area (Å²) < 4.78 is 6.64. The minimum absolute atomic E-state index is 0.0418. The van der Waals surface area contributed by atoms with E-state index >= 15 is 0 Å². The van der Waals surface area contributed by atoms with Crippen LogP contribution in [0.5, 0.6) is 0 Å². The lowest BCUT2D eigenvalue weighted by Crippen LogP contribution is -2.49. The van der Waals surface area contributed by atoms with Crippen molar-refractivity contribution >= 4 is 8.32 Å². The Labute approximate surface area is 133 Å². The van der Waals surface area contributed by atoms with Gasteiger partial charge < -0.3 is 9.53 Å². The second-order valence-electron chi connectivity index (χ2n) is 8.03. The Morgan fingerprint density at radius 3 is 2.00 bits per heavy atom. The minimum Gasteiger partial charge on any atom is -0.413 e. The molecule has 0 bridgehead atoms. The number of hydrogen-bond acceptors (Lipinski definition) is 2. The number of rotatable bonds is 7. The molecule has 21 heavy (non-hydrogen) atoms. The monoisotopic (exact) mass is 312 g/mol. The molecule has 0 fully saturated rings. The van der Waals surface area contributed by atoms with Crippen molar-refractivity contribution in [3.63, 3.8) is 0 Å². The molecular weight excluding hydrogens is 276 g/mol. The van der Waals surface area contributed by atoms with Crippen LogP contribution in [-0.4, -0.2) is 25.6 Å². The number of terminal acetylenes is 1. The highest BCUT2D eigenvalue weighted by atomic mass is 28.4. The molecule has 0 aromatic carbocycles. The zero-order valence-electron chi connectivity index (χ0n) is 15.5. The lowest BCUT2D eigenvalue weighted by Gasteiger charge is -2.44. The summed E-state index contributed by atoms with van der Waals surface area (Å²) in [5.41, 5.74) is 0. The summed E-state index contributed by atoms with van der Waals surface area (Å²) in [5.74, 6) is 2.97. The summed E-state index contributed by atoms with van der Waals surface area (Å²) in [6, 6.07) is 0. The molecule has 0 unspecified atom stereocenters. The number of hydrogen-bond donors (Lipinski definition) is 1. The molecular formula is C18H36O2Si. The van der Waals surface area contributed by atoms with E-state index in [-0.39, 0.29) is 23.0 Å². The highest BCUT2D eigenvalue weighted by molar-refractivity contribution is 6.74. The van der Waals surface area contributed by atoms with E-state index in [2.05, 4.69) is 60.6 Å². The number of aliphatic hydroxyl groups is 1. The Balaban J connectivity index is 5.29. The van der Waals surface area contributed by atoms with Crippen LogP contribution in [0.1, 0.15) is 54.9 Å². The SMILES string of the molecule is C#C[C@H](C)[C@H](O)[C@@H](C)[C@H](O[Si](C)(C)C(C)(C)C)[C@H](C)CC. The van der Waals surface area contributed by atoms with E-state index in [0.717, 1.165) is 6.42 Å². The van der Waals surface area contributed by atoms with E-state index in [9.17, 15) is 5.11 Å². The molecule has 0 radical (unpaired) electrons. The van der Waals surface area contributed by atoms with Crippen LogP contribution in [0.2, 0.25) is 18.1 Å². The summed E-state index contributed by atoms with van der Waals surface area (Å²) >= 11 is 0. The van der Waals surface area contributed by atoms with E-state index in [1.54, 1.807) is 0 Å². The summed E-state index contributed by atoms with van der Waals surface area (Å²) in [5, 5.41) is 10.7. The van der Waals surface area contributed by atoms with Crippen molar-refractivity contribution in [1.29, 1.82) is 0 Å². The first-order chi connectivity index (χ1) is 9.39. The average Bonchev–Trinajstić information content (AvgIpc) is 2.40. The Morgan fingerprint density at radius 1 is 1.19 bits per heavy atom. The predicted molar refractivity (Wildman–Crippen MR) is 94.7 cm³/mol. The average molecular weight is 313 g/mol. The lowest BCUT2D eigenvalue weighted by atomic mass is 9.84. The van der Waals surface area contributed by atoms with Gasteiger partial charge in [-0.05, 0) is 31.0 Å². The second kappa shape index (κ2) is 7.81. The van der Waals surface area contributed by atoms with Crippen LogP contribution in [-0.2, 0) is 4.43 Å². The zero-order valence-corrected chi connectivity index (χ0v) is 16.5. The number of aliphatic hydroxyl groups excluding tert-OH is 1. The molecule has 0 aromatic heterocycles. The van der Waals surface area contributed by atoms with Crippen molar-refractivity contribution in [1.82, 2.24) is 0 Å². The van der Waals surface area contributed by atoms with Gasteiger partial charge in [-0.25, -0.2) is 0 Å². The zero-order chi connectivity index (χ0) is 17.0. The molecule has 0 heterocycles. The third kappa shape index (κ3) is 5.43. The van der Waals surface area contributed by atoms with Crippen LogP contribution < -0.4 is 0 Å². The third-order valence-electron chi connectivity index (χ3n) is 5.27. The van der Waals surface area contributed by atoms with E-state index in [4.69, 9.17) is 10.8 Å². The summed E-state index contributed by atoms with van der Waals surface area (Å²) in [4.78, 5) is 0. The van der Waals surface area contributed by atoms with Crippen LogP contribution in [0.3, 0.4) is 0 Å². The van der Waals surface area contributed by atoms with Crippen LogP contribution in [0.15, 0.2) is 0 Å². The topological polar surface area (TPSA) is 29.5 Å². The Kier molecular flexibility index (Phi) is 7.69. The van der Waals surface area contributed by atoms with Crippen LogP contribution in [0.4, 0.5) is 0 Å². The maximum absolute atomic E-state index is 10.5. The fraction of sp³-hybridized carbons (Fsp3) is 0.889. The summed E-state index contributed by atoms with van der Waals surface area (Å²) in [7, 11) is -1.86. The van der Waals surface area contributed by atoms with Gasteiger partial charge in [0.05, 0.1) is 12.2 Å². The van der Waals surface area contributed by atoms with Crippen LogP contribution in [0, 0.1) is 30.1 Å². The Morgan fingerprint density at radius 2 is 1.67 bits per heavy atom.